The summed E-state index contributed by atoms with van der Waals surface area (Å²) < 4.78 is 12.5. The monoisotopic (exact) mass is 517 g/mol. The quantitative estimate of drug-likeness (QED) is 0.334. The molecule has 0 radical (unpaired) electrons. The molecule has 0 heterocycles. The molecule has 0 saturated carbocycles. The van der Waals surface area contributed by atoms with Crippen LogP contribution < -0.4 is 20.2 Å². The number of halogens is 2. The van der Waals surface area contributed by atoms with Gasteiger partial charge in [-0.2, -0.15) is 5.10 Å². The molecule has 2 rings (SSSR count). The number of hydrogen-bond donors (Lipinski definition) is 2. The summed E-state index contributed by atoms with van der Waals surface area (Å²) >= 11 is 5.52. The number of ether oxygens (including phenoxy) is 2. The Morgan fingerprint density at radius 2 is 1.96 bits per heavy atom. The highest BCUT2D eigenvalue weighted by Crippen LogP contribution is 2.32. The fraction of sp³-hybridized carbons (Fsp3) is 0.176. The zero-order valence-electron chi connectivity index (χ0n) is 13.7. The summed E-state index contributed by atoms with van der Waals surface area (Å²) in [5.41, 5.74) is 4.14. The van der Waals surface area contributed by atoms with Crippen LogP contribution in [0, 0.1) is 3.57 Å². The average molecular weight is 518 g/mol. The van der Waals surface area contributed by atoms with Gasteiger partial charge in [0, 0.05) is 10.2 Å². The van der Waals surface area contributed by atoms with Crippen molar-refractivity contribution in [2.75, 3.05) is 26.1 Å². The van der Waals surface area contributed by atoms with Gasteiger partial charge in [-0.3, -0.25) is 4.79 Å². The normalized spacial score (nSPS) is 10.6. The first-order valence-electron chi connectivity index (χ1n) is 7.26. The van der Waals surface area contributed by atoms with Crippen molar-refractivity contribution in [3.05, 3.63) is 50.0 Å². The van der Waals surface area contributed by atoms with Crippen LogP contribution in [-0.4, -0.2) is 32.9 Å². The second-order valence-corrected chi connectivity index (χ2v) is 6.97. The van der Waals surface area contributed by atoms with Gasteiger partial charge in [-0.15, -0.1) is 0 Å². The highest BCUT2D eigenvalue weighted by Gasteiger charge is 2.09. The minimum atomic E-state index is -0.241. The van der Waals surface area contributed by atoms with Gasteiger partial charge in [-0.1, -0.05) is 15.9 Å². The van der Waals surface area contributed by atoms with Crippen molar-refractivity contribution in [3.8, 4) is 11.5 Å². The molecule has 0 aromatic heterocycles. The van der Waals surface area contributed by atoms with Crippen LogP contribution in [0.15, 0.2) is 46.0 Å². The number of rotatable bonds is 7. The zero-order chi connectivity index (χ0) is 18.2. The Bertz CT molecular complexity index is 766. The number of carbonyl (C=O) groups is 1. The van der Waals surface area contributed by atoms with Crippen molar-refractivity contribution >= 4 is 56.3 Å². The highest BCUT2D eigenvalue weighted by molar-refractivity contribution is 14.1. The summed E-state index contributed by atoms with van der Waals surface area (Å²) in [4.78, 5) is 11.8. The summed E-state index contributed by atoms with van der Waals surface area (Å²) in [6, 6.07) is 11.2. The summed E-state index contributed by atoms with van der Waals surface area (Å²) in [7, 11) is 3.16. The van der Waals surface area contributed by atoms with Crippen molar-refractivity contribution in [1.82, 2.24) is 5.43 Å². The van der Waals surface area contributed by atoms with E-state index in [0.29, 0.717) is 11.5 Å². The zero-order valence-corrected chi connectivity index (χ0v) is 17.4. The molecule has 0 aliphatic rings. The van der Waals surface area contributed by atoms with Gasteiger partial charge in [0.1, 0.15) is 0 Å². The van der Waals surface area contributed by atoms with E-state index in [1.165, 1.54) is 0 Å². The Morgan fingerprint density at radius 3 is 2.60 bits per heavy atom. The molecule has 8 heteroatoms. The average Bonchev–Trinajstić information content (AvgIpc) is 2.60. The van der Waals surface area contributed by atoms with Crippen LogP contribution in [0.3, 0.4) is 0 Å². The Hall–Kier alpha value is -1.81. The van der Waals surface area contributed by atoms with Crippen molar-refractivity contribution in [2.24, 2.45) is 5.10 Å². The van der Waals surface area contributed by atoms with Crippen molar-refractivity contribution in [2.45, 2.75) is 0 Å². The van der Waals surface area contributed by atoms with Gasteiger partial charge in [0.2, 0.25) is 0 Å². The molecule has 0 bridgehead atoms. The van der Waals surface area contributed by atoms with Crippen LogP contribution in [0.2, 0.25) is 0 Å². The molecule has 25 heavy (non-hydrogen) atoms. The molecule has 132 valence electrons. The van der Waals surface area contributed by atoms with Crippen LogP contribution in [0.4, 0.5) is 5.69 Å². The summed E-state index contributed by atoms with van der Waals surface area (Å²) in [5.74, 6) is 1.04. The Balaban J connectivity index is 1.90. The molecule has 2 aromatic rings. The van der Waals surface area contributed by atoms with Gasteiger partial charge < -0.3 is 14.8 Å². The molecule has 0 unspecified atom stereocenters. The molecule has 1 amide bonds. The van der Waals surface area contributed by atoms with Crippen LogP contribution in [-0.2, 0) is 4.79 Å². The predicted molar refractivity (Wildman–Crippen MR) is 111 cm³/mol. The number of methoxy groups -OCH3 is 2. The summed E-state index contributed by atoms with van der Waals surface area (Å²) in [6.45, 7) is 0.127. The third-order valence-corrected chi connectivity index (χ3v) is 4.49. The van der Waals surface area contributed by atoms with Crippen molar-refractivity contribution < 1.29 is 14.3 Å². The predicted octanol–water partition coefficient (Wildman–Crippen LogP) is 3.63. The molecule has 2 N–H and O–H groups in total. The van der Waals surface area contributed by atoms with E-state index in [4.69, 9.17) is 9.47 Å². The molecule has 0 spiro atoms. The lowest BCUT2D eigenvalue weighted by atomic mass is 10.2. The lowest BCUT2D eigenvalue weighted by Gasteiger charge is -2.10. The van der Waals surface area contributed by atoms with E-state index in [2.05, 4.69) is 54.4 Å². The number of amides is 1. The SMILES string of the molecule is COc1cc(/C=N\NC(=O)CNc2ccc(Br)cc2)cc(I)c1OC. The van der Waals surface area contributed by atoms with E-state index < -0.39 is 0 Å². The molecule has 2 aromatic carbocycles. The second kappa shape index (κ2) is 9.62. The molecule has 6 nitrogen and oxygen atoms in total. The van der Waals surface area contributed by atoms with E-state index in [1.54, 1.807) is 26.5 Å². The first-order valence-corrected chi connectivity index (χ1v) is 9.13. The van der Waals surface area contributed by atoms with Crippen LogP contribution >= 0.6 is 38.5 Å². The lowest BCUT2D eigenvalue weighted by Crippen LogP contribution is -2.25. The van der Waals surface area contributed by atoms with E-state index in [-0.39, 0.29) is 12.5 Å². The van der Waals surface area contributed by atoms with E-state index >= 15 is 0 Å². The molecule has 0 fully saturated rings. The van der Waals surface area contributed by atoms with E-state index in [9.17, 15) is 4.79 Å². The minimum absolute atomic E-state index is 0.127. The second-order valence-electron chi connectivity index (χ2n) is 4.89. The van der Waals surface area contributed by atoms with Gasteiger partial charge in [-0.05, 0) is 64.6 Å². The number of carbonyl (C=O) groups excluding carboxylic acids is 1. The number of nitrogens with one attached hydrogen (secondary N) is 2. The third-order valence-electron chi connectivity index (χ3n) is 3.16. The molecule has 0 saturated heterocycles. The van der Waals surface area contributed by atoms with Gasteiger partial charge in [-0.25, -0.2) is 5.43 Å². The van der Waals surface area contributed by atoms with Crippen molar-refractivity contribution in [3.63, 3.8) is 0 Å². The maximum Gasteiger partial charge on any atom is 0.259 e. The van der Waals surface area contributed by atoms with Crippen molar-refractivity contribution in [1.29, 1.82) is 0 Å². The maximum absolute atomic E-state index is 11.8. The molecular weight excluding hydrogens is 501 g/mol. The number of nitrogens with zero attached hydrogens (tertiary/aromatic N) is 1. The molecule has 0 aliphatic heterocycles. The summed E-state index contributed by atoms with van der Waals surface area (Å²) in [5, 5.41) is 6.99. The Kier molecular flexibility index (Phi) is 7.51. The topological polar surface area (TPSA) is 72.0 Å². The Morgan fingerprint density at radius 1 is 1.24 bits per heavy atom. The number of hydrazone groups is 1. The number of hydrogen-bond acceptors (Lipinski definition) is 5. The van der Waals surface area contributed by atoms with Crippen LogP contribution in [0.5, 0.6) is 11.5 Å². The first kappa shape index (κ1) is 19.5. The van der Waals surface area contributed by atoms with Crippen LogP contribution in [0.25, 0.3) is 0 Å². The fourth-order valence-corrected chi connectivity index (χ4v) is 3.09. The summed E-state index contributed by atoms with van der Waals surface area (Å²) in [6.07, 6.45) is 1.56. The minimum Gasteiger partial charge on any atom is -0.493 e. The molecule has 0 aliphatic carbocycles. The smallest absolute Gasteiger partial charge is 0.259 e. The van der Waals surface area contributed by atoms with Gasteiger partial charge in [0.05, 0.1) is 30.5 Å². The number of benzene rings is 2. The lowest BCUT2D eigenvalue weighted by molar-refractivity contribution is -0.119. The fourth-order valence-electron chi connectivity index (χ4n) is 1.98. The van der Waals surface area contributed by atoms with E-state index in [0.717, 1.165) is 19.3 Å². The standard InChI is InChI=1S/C17H17BrIN3O3/c1-24-15-8-11(7-14(19)17(15)25-2)9-21-22-16(23)10-20-13-5-3-12(18)4-6-13/h3-9,20H,10H2,1-2H3,(H,22,23)/b21-9-. The van der Waals surface area contributed by atoms with Gasteiger partial charge in [0.25, 0.3) is 5.91 Å². The molecule has 0 atom stereocenters. The van der Waals surface area contributed by atoms with Crippen LogP contribution in [0.1, 0.15) is 5.56 Å². The van der Waals surface area contributed by atoms with Gasteiger partial charge in [0.15, 0.2) is 11.5 Å². The number of anilines is 1. The van der Waals surface area contributed by atoms with Gasteiger partial charge >= 0.3 is 0 Å². The molecular formula is C17H17BrIN3O3. The largest absolute Gasteiger partial charge is 0.493 e. The maximum atomic E-state index is 11.8. The Labute approximate surface area is 168 Å². The third kappa shape index (κ3) is 5.89. The highest BCUT2D eigenvalue weighted by atomic mass is 127. The first-order chi connectivity index (χ1) is 12.0. The van der Waals surface area contributed by atoms with E-state index in [1.807, 2.05) is 30.3 Å².